The number of hydrogen-bond donors (Lipinski definition) is 2. The highest BCUT2D eigenvalue weighted by Crippen LogP contribution is 2.31. The van der Waals surface area contributed by atoms with Crippen molar-refractivity contribution in [3.63, 3.8) is 0 Å². The van der Waals surface area contributed by atoms with Gasteiger partial charge < -0.3 is 10.8 Å². The first kappa shape index (κ1) is 18.7. The molecule has 4 nitrogen and oxygen atoms in total. The van der Waals surface area contributed by atoms with Gasteiger partial charge in [-0.05, 0) is 56.0 Å². The summed E-state index contributed by atoms with van der Waals surface area (Å²) in [5.74, 6) is -0.0128. The van der Waals surface area contributed by atoms with Crippen LogP contribution in [0.2, 0.25) is 0 Å². The maximum atomic E-state index is 12.6. The number of benzene rings is 1. The minimum absolute atomic E-state index is 0.128. The van der Waals surface area contributed by atoms with Gasteiger partial charge in [-0.25, -0.2) is 0 Å². The Labute approximate surface area is 144 Å². The molecule has 2 unspecified atom stereocenters. The van der Waals surface area contributed by atoms with Gasteiger partial charge in [0.05, 0.1) is 5.92 Å². The largest absolute Gasteiger partial charge is 0.481 e. The van der Waals surface area contributed by atoms with Crippen molar-refractivity contribution in [3.8, 4) is 0 Å². The van der Waals surface area contributed by atoms with E-state index in [1.807, 2.05) is 31.2 Å². The van der Waals surface area contributed by atoms with Crippen molar-refractivity contribution in [2.45, 2.75) is 51.9 Å². The third-order valence-corrected chi connectivity index (χ3v) is 5.44. The number of Topliss-reactive ketones (excluding diaryl/α,β-unsaturated/α-hetero) is 1. The Morgan fingerprint density at radius 3 is 2.21 bits per heavy atom. The highest BCUT2D eigenvalue weighted by Gasteiger charge is 2.26. The summed E-state index contributed by atoms with van der Waals surface area (Å²) in [4.78, 5) is 23.6. The predicted octanol–water partition coefficient (Wildman–Crippen LogP) is 3.85. The van der Waals surface area contributed by atoms with Crippen LogP contribution in [0, 0.1) is 17.8 Å². The van der Waals surface area contributed by atoms with E-state index < -0.39 is 5.97 Å². The molecule has 24 heavy (non-hydrogen) atoms. The molecular weight excluding hydrogens is 302 g/mol. The average molecular weight is 331 g/mol. The molecule has 0 aromatic heterocycles. The fraction of sp³-hybridized carbons (Fsp3) is 0.600. The quantitative estimate of drug-likeness (QED) is 0.744. The number of aliphatic carboxylic acids is 1. The van der Waals surface area contributed by atoms with Crippen LogP contribution in [-0.2, 0) is 4.79 Å². The van der Waals surface area contributed by atoms with Gasteiger partial charge in [-0.15, -0.1) is 0 Å². The second-order valence-electron chi connectivity index (χ2n) is 7.32. The third-order valence-electron chi connectivity index (χ3n) is 5.44. The molecule has 1 saturated carbocycles. The SMILES string of the molecule is CC(CC(C)c1ccc(C(=O)C2CCC(CN)CC2)cc1)C(=O)O. The van der Waals surface area contributed by atoms with Crippen LogP contribution in [0.25, 0.3) is 0 Å². The zero-order valence-corrected chi connectivity index (χ0v) is 14.7. The maximum Gasteiger partial charge on any atom is 0.306 e. The second kappa shape index (κ2) is 8.43. The van der Waals surface area contributed by atoms with Crippen LogP contribution < -0.4 is 5.73 Å². The van der Waals surface area contributed by atoms with Crippen molar-refractivity contribution in [1.82, 2.24) is 0 Å². The van der Waals surface area contributed by atoms with Crippen LogP contribution in [-0.4, -0.2) is 23.4 Å². The van der Waals surface area contributed by atoms with E-state index in [1.54, 1.807) is 6.92 Å². The molecule has 0 heterocycles. The van der Waals surface area contributed by atoms with E-state index >= 15 is 0 Å². The Bertz CT molecular complexity index is 559. The summed E-state index contributed by atoms with van der Waals surface area (Å²) in [6, 6.07) is 7.74. The summed E-state index contributed by atoms with van der Waals surface area (Å²) in [5.41, 5.74) is 7.57. The Morgan fingerprint density at radius 1 is 1.12 bits per heavy atom. The number of carboxylic acid groups (broad SMARTS) is 1. The molecule has 1 aromatic carbocycles. The van der Waals surface area contributed by atoms with Gasteiger partial charge in [-0.1, -0.05) is 38.1 Å². The van der Waals surface area contributed by atoms with Crippen molar-refractivity contribution in [3.05, 3.63) is 35.4 Å². The molecule has 0 amide bonds. The van der Waals surface area contributed by atoms with Gasteiger partial charge in [-0.3, -0.25) is 9.59 Å². The lowest BCUT2D eigenvalue weighted by Gasteiger charge is -2.26. The van der Waals surface area contributed by atoms with Gasteiger partial charge in [-0.2, -0.15) is 0 Å². The molecule has 3 N–H and O–H groups in total. The summed E-state index contributed by atoms with van der Waals surface area (Å²) < 4.78 is 0. The summed E-state index contributed by atoms with van der Waals surface area (Å²) >= 11 is 0. The fourth-order valence-electron chi connectivity index (χ4n) is 3.64. The van der Waals surface area contributed by atoms with E-state index in [4.69, 9.17) is 10.8 Å². The van der Waals surface area contributed by atoms with Crippen molar-refractivity contribution >= 4 is 11.8 Å². The molecule has 2 rings (SSSR count). The van der Waals surface area contributed by atoms with Gasteiger partial charge in [0.2, 0.25) is 0 Å². The number of ketones is 1. The maximum absolute atomic E-state index is 12.6. The smallest absolute Gasteiger partial charge is 0.306 e. The number of carboxylic acids is 1. The lowest BCUT2D eigenvalue weighted by molar-refractivity contribution is -0.141. The molecule has 132 valence electrons. The van der Waals surface area contributed by atoms with E-state index in [1.165, 1.54) is 0 Å². The number of rotatable bonds is 7. The molecule has 0 spiro atoms. The van der Waals surface area contributed by atoms with Crippen molar-refractivity contribution in [2.75, 3.05) is 6.54 Å². The third kappa shape index (κ3) is 4.67. The fourth-order valence-corrected chi connectivity index (χ4v) is 3.64. The lowest BCUT2D eigenvalue weighted by Crippen LogP contribution is -2.25. The van der Waals surface area contributed by atoms with Gasteiger partial charge in [0.15, 0.2) is 5.78 Å². The molecule has 0 aliphatic heterocycles. The van der Waals surface area contributed by atoms with E-state index in [-0.39, 0.29) is 23.5 Å². The molecule has 1 aliphatic carbocycles. The monoisotopic (exact) mass is 331 g/mol. The Balaban J connectivity index is 1.96. The average Bonchev–Trinajstić information content (AvgIpc) is 2.61. The molecule has 1 aromatic rings. The van der Waals surface area contributed by atoms with Crippen molar-refractivity contribution < 1.29 is 14.7 Å². The summed E-state index contributed by atoms with van der Waals surface area (Å²) in [5, 5.41) is 9.02. The molecule has 1 fully saturated rings. The van der Waals surface area contributed by atoms with Crippen molar-refractivity contribution in [1.29, 1.82) is 0 Å². The molecule has 2 atom stereocenters. The first-order valence-corrected chi connectivity index (χ1v) is 8.99. The molecular formula is C20H29NO3. The highest BCUT2D eigenvalue weighted by atomic mass is 16.4. The standard InChI is InChI=1S/C20H29NO3/c1-13(11-14(2)20(23)24)16-7-9-18(10-8-16)19(22)17-5-3-15(12-21)4-6-17/h7-10,13-15,17H,3-6,11-12,21H2,1-2H3,(H,23,24). The number of carbonyl (C=O) groups excluding carboxylic acids is 1. The normalized spacial score (nSPS) is 23.5. The summed E-state index contributed by atoms with van der Waals surface area (Å²) in [6.45, 7) is 4.49. The van der Waals surface area contributed by atoms with Gasteiger partial charge in [0, 0.05) is 11.5 Å². The van der Waals surface area contributed by atoms with Crippen LogP contribution in [0.15, 0.2) is 24.3 Å². The van der Waals surface area contributed by atoms with E-state index in [0.717, 1.165) is 43.4 Å². The van der Waals surface area contributed by atoms with E-state index in [0.29, 0.717) is 12.3 Å². The predicted molar refractivity (Wildman–Crippen MR) is 95.1 cm³/mol. The summed E-state index contributed by atoms with van der Waals surface area (Å²) in [7, 11) is 0. The summed E-state index contributed by atoms with van der Waals surface area (Å²) in [6.07, 6.45) is 4.58. The van der Waals surface area contributed by atoms with Gasteiger partial charge >= 0.3 is 5.97 Å². The molecule has 0 radical (unpaired) electrons. The molecule has 4 heteroatoms. The van der Waals surface area contributed by atoms with E-state index in [2.05, 4.69) is 0 Å². The molecule has 0 saturated heterocycles. The number of carbonyl (C=O) groups is 2. The first-order chi connectivity index (χ1) is 11.4. The van der Waals surface area contributed by atoms with Crippen LogP contribution >= 0.6 is 0 Å². The number of nitrogens with two attached hydrogens (primary N) is 1. The van der Waals surface area contributed by atoms with Crippen LogP contribution in [0.4, 0.5) is 0 Å². The Hall–Kier alpha value is -1.68. The number of hydrogen-bond acceptors (Lipinski definition) is 3. The van der Waals surface area contributed by atoms with Gasteiger partial charge in [0.1, 0.15) is 0 Å². The Morgan fingerprint density at radius 2 is 1.71 bits per heavy atom. The topological polar surface area (TPSA) is 80.4 Å². The zero-order chi connectivity index (χ0) is 17.7. The first-order valence-electron chi connectivity index (χ1n) is 8.99. The lowest BCUT2D eigenvalue weighted by atomic mass is 9.78. The molecule has 1 aliphatic rings. The molecule has 0 bridgehead atoms. The zero-order valence-electron chi connectivity index (χ0n) is 14.7. The second-order valence-corrected chi connectivity index (χ2v) is 7.32. The highest BCUT2D eigenvalue weighted by molar-refractivity contribution is 5.97. The van der Waals surface area contributed by atoms with Crippen molar-refractivity contribution in [2.24, 2.45) is 23.5 Å². The van der Waals surface area contributed by atoms with Crippen LogP contribution in [0.3, 0.4) is 0 Å². The van der Waals surface area contributed by atoms with Crippen LogP contribution in [0.1, 0.15) is 67.8 Å². The van der Waals surface area contributed by atoms with Crippen LogP contribution in [0.5, 0.6) is 0 Å². The van der Waals surface area contributed by atoms with Gasteiger partial charge in [0.25, 0.3) is 0 Å². The minimum Gasteiger partial charge on any atom is -0.481 e. The Kier molecular flexibility index (Phi) is 6.55. The minimum atomic E-state index is -0.762. The van der Waals surface area contributed by atoms with E-state index in [9.17, 15) is 9.59 Å².